The van der Waals surface area contributed by atoms with E-state index in [4.69, 9.17) is 0 Å². The Hall–Kier alpha value is -2.77. The van der Waals surface area contributed by atoms with Gasteiger partial charge < -0.3 is 0 Å². The second kappa shape index (κ2) is 6.03. The van der Waals surface area contributed by atoms with Crippen LogP contribution in [0.25, 0.3) is 26.6 Å². The molecule has 0 amide bonds. The standard InChI is InChI=1S/C17H11N3O2S2/c21-20(22)14-3-1-2-12(8-14)16-9-15(13-4-7-23-10-13)17(24-16)19-6-5-18-11-19/h1-11H. The zero-order valence-corrected chi connectivity index (χ0v) is 14.0. The molecule has 3 heterocycles. The van der Waals surface area contributed by atoms with Crippen molar-refractivity contribution in [3.05, 3.63) is 76.0 Å². The molecule has 0 N–H and O–H groups in total. The van der Waals surface area contributed by atoms with Crippen LogP contribution < -0.4 is 0 Å². The van der Waals surface area contributed by atoms with Crippen molar-refractivity contribution in [2.24, 2.45) is 0 Å². The van der Waals surface area contributed by atoms with Crippen LogP contribution in [-0.4, -0.2) is 14.5 Å². The Morgan fingerprint density at radius 2 is 2.08 bits per heavy atom. The molecule has 0 fully saturated rings. The van der Waals surface area contributed by atoms with E-state index in [0.29, 0.717) is 0 Å². The van der Waals surface area contributed by atoms with Gasteiger partial charge in [0.1, 0.15) is 5.00 Å². The van der Waals surface area contributed by atoms with E-state index in [1.165, 1.54) is 6.07 Å². The predicted octanol–water partition coefficient (Wildman–Crippen LogP) is 5.24. The molecular weight excluding hydrogens is 342 g/mol. The van der Waals surface area contributed by atoms with Crippen molar-refractivity contribution in [1.82, 2.24) is 9.55 Å². The molecule has 0 aliphatic rings. The summed E-state index contributed by atoms with van der Waals surface area (Å²) in [4.78, 5) is 15.8. The van der Waals surface area contributed by atoms with Crippen LogP contribution in [0.5, 0.6) is 0 Å². The fourth-order valence-corrected chi connectivity index (χ4v) is 4.28. The molecule has 0 aliphatic heterocycles. The number of imidazole rings is 1. The molecule has 3 aromatic heterocycles. The molecule has 0 radical (unpaired) electrons. The van der Waals surface area contributed by atoms with Crippen LogP contribution in [-0.2, 0) is 0 Å². The first kappa shape index (κ1) is 14.8. The highest BCUT2D eigenvalue weighted by atomic mass is 32.1. The van der Waals surface area contributed by atoms with Gasteiger partial charge in [-0.2, -0.15) is 11.3 Å². The fraction of sp³-hybridized carbons (Fsp3) is 0. The highest BCUT2D eigenvalue weighted by molar-refractivity contribution is 7.18. The number of hydrogen-bond donors (Lipinski definition) is 0. The zero-order chi connectivity index (χ0) is 16.5. The molecule has 7 heteroatoms. The molecule has 118 valence electrons. The maximum Gasteiger partial charge on any atom is 0.270 e. The number of aromatic nitrogens is 2. The summed E-state index contributed by atoms with van der Waals surface area (Å²) in [5, 5.41) is 16.2. The van der Waals surface area contributed by atoms with Crippen LogP contribution in [0, 0.1) is 10.1 Å². The molecule has 0 saturated carbocycles. The molecular formula is C17H11N3O2S2. The summed E-state index contributed by atoms with van der Waals surface area (Å²) in [6.45, 7) is 0. The van der Waals surface area contributed by atoms with Crippen LogP contribution >= 0.6 is 22.7 Å². The highest BCUT2D eigenvalue weighted by Crippen LogP contribution is 2.40. The molecule has 0 unspecified atom stereocenters. The number of hydrogen-bond acceptors (Lipinski definition) is 5. The molecule has 0 spiro atoms. The van der Waals surface area contributed by atoms with Crippen molar-refractivity contribution in [2.45, 2.75) is 0 Å². The van der Waals surface area contributed by atoms with Crippen LogP contribution in [0.15, 0.2) is 65.9 Å². The normalized spacial score (nSPS) is 10.8. The Morgan fingerprint density at radius 3 is 2.79 bits per heavy atom. The number of nitro groups is 1. The van der Waals surface area contributed by atoms with Crippen LogP contribution in [0.3, 0.4) is 0 Å². The third-order valence-electron chi connectivity index (χ3n) is 3.63. The molecule has 0 saturated heterocycles. The Balaban J connectivity index is 1.88. The summed E-state index contributed by atoms with van der Waals surface area (Å²) in [6, 6.07) is 10.9. The summed E-state index contributed by atoms with van der Waals surface area (Å²) in [5.41, 5.74) is 3.18. The van der Waals surface area contributed by atoms with Crippen molar-refractivity contribution in [1.29, 1.82) is 0 Å². The van der Waals surface area contributed by atoms with Gasteiger partial charge in [0.25, 0.3) is 5.69 Å². The predicted molar refractivity (Wildman–Crippen MR) is 96.8 cm³/mol. The van der Waals surface area contributed by atoms with E-state index in [1.54, 1.807) is 47.3 Å². The number of nitrogens with zero attached hydrogens (tertiary/aromatic N) is 3. The van der Waals surface area contributed by atoms with Gasteiger partial charge in [0, 0.05) is 35.0 Å². The van der Waals surface area contributed by atoms with Crippen LogP contribution in [0.2, 0.25) is 0 Å². The molecule has 4 rings (SSSR count). The minimum absolute atomic E-state index is 0.0992. The van der Waals surface area contributed by atoms with Gasteiger partial charge in [-0.05, 0) is 34.0 Å². The van der Waals surface area contributed by atoms with Gasteiger partial charge in [0.15, 0.2) is 0 Å². The van der Waals surface area contributed by atoms with E-state index < -0.39 is 0 Å². The van der Waals surface area contributed by atoms with Gasteiger partial charge in [-0.1, -0.05) is 12.1 Å². The topological polar surface area (TPSA) is 61.0 Å². The lowest BCUT2D eigenvalue weighted by molar-refractivity contribution is -0.384. The number of non-ortho nitro benzene ring substituents is 1. The zero-order valence-electron chi connectivity index (χ0n) is 12.3. The first-order valence-corrected chi connectivity index (χ1v) is 8.88. The summed E-state index contributed by atoms with van der Waals surface area (Å²) in [6.07, 6.45) is 5.40. The molecule has 0 aliphatic carbocycles. The SMILES string of the molecule is O=[N+]([O-])c1cccc(-c2cc(-c3ccsc3)c(-n3ccnc3)s2)c1. The van der Waals surface area contributed by atoms with Gasteiger partial charge in [0.05, 0.1) is 11.3 Å². The van der Waals surface area contributed by atoms with E-state index in [0.717, 1.165) is 26.6 Å². The Morgan fingerprint density at radius 1 is 1.17 bits per heavy atom. The monoisotopic (exact) mass is 353 g/mol. The van der Waals surface area contributed by atoms with Crippen molar-refractivity contribution < 1.29 is 4.92 Å². The minimum atomic E-state index is -0.367. The maximum absolute atomic E-state index is 11.0. The van der Waals surface area contributed by atoms with Crippen molar-refractivity contribution in [3.8, 4) is 26.6 Å². The summed E-state index contributed by atoms with van der Waals surface area (Å²) < 4.78 is 1.97. The van der Waals surface area contributed by atoms with Gasteiger partial charge >= 0.3 is 0 Å². The first-order valence-electron chi connectivity index (χ1n) is 7.12. The van der Waals surface area contributed by atoms with Crippen LogP contribution in [0.1, 0.15) is 0 Å². The second-order valence-electron chi connectivity index (χ2n) is 5.12. The molecule has 5 nitrogen and oxygen atoms in total. The van der Waals surface area contributed by atoms with Crippen molar-refractivity contribution in [2.75, 3.05) is 0 Å². The Bertz CT molecular complexity index is 937. The van der Waals surface area contributed by atoms with Gasteiger partial charge in [0.2, 0.25) is 0 Å². The molecule has 0 bridgehead atoms. The number of nitro benzene ring substituents is 1. The van der Waals surface area contributed by atoms with Crippen molar-refractivity contribution in [3.63, 3.8) is 0 Å². The summed E-state index contributed by atoms with van der Waals surface area (Å²) in [5.74, 6) is 0. The lowest BCUT2D eigenvalue weighted by atomic mass is 10.1. The fourth-order valence-electron chi connectivity index (χ4n) is 2.49. The Labute approximate surface area is 145 Å². The lowest BCUT2D eigenvalue weighted by Crippen LogP contribution is -1.87. The largest absolute Gasteiger partial charge is 0.297 e. The van der Waals surface area contributed by atoms with Crippen molar-refractivity contribution >= 4 is 28.4 Å². The molecule has 1 aromatic carbocycles. The van der Waals surface area contributed by atoms with E-state index in [1.807, 2.05) is 22.2 Å². The Kier molecular flexibility index (Phi) is 3.72. The number of rotatable bonds is 4. The number of thiophene rings is 2. The average molecular weight is 353 g/mol. The van der Waals surface area contributed by atoms with E-state index in [-0.39, 0.29) is 10.6 Å². The lowest BCUT2D eigenvalue weighted by Gasteiger charge is -2.01. The van der Waals surface area contributed by atoms with E-state index in [2.05, 4.69) is 22.5 Å². The van der Waals surface area contributed by atoms with Gasteiger partial charge in [-0.3, -0.25) is 14.7 Å². The van der Waals surface area contributed by atoms with E-state index in [9.17, 15) is 10.1 Å². The van der Waals surface area contributed by atoms with E-state index >= 15 is 0 Å². The molecule has 4 aromatic rings. The highest BCUT2D eigenvalue weighted by Gasteiger charge is 2.16. The first-order chi connectivity index (χ1) is 11.7. The molecule has 0 atom stereocenters. The summed E-state index contributed by atoms with van der Waals surface area (Å²) in [7, 11) is 0. The quantitative estimate of drug-likeness (QED) is 0.372. The third-order valence-corrected chi connectivity index (χ3v) is 5.51. The molecule has 24 heavy (non-hydrogen) atoms. The second-order valence-corrected chi connectivity index (χ2v) is 6.93. The minimum Gasteiger partial charge on any atom is -0.297 e. The number of benzene rings is 1. The smallest absolute Gasteiger partial charge is 0.270 e. The van der Waals surface area contributed by atoms with Crippen LogP contribution in [0.4, 0.5) is 5.69 Å². The maximum atomic E-state index is 11.0. The summed E-state index contributed by atoms with van der Waals surface area (Å²) >= 11 is 3.24. The average Bonchev–Trinajstić information content (AvgIpc) is 3.33. The van der Waals surface area contributed by atoms with Gasteiger partial charge in [-0.15, -0.1) is 11.3 Å². The van der Waals surface area contributed by atoms with Gasteiger partial charge in [-0.25, -0.2) is 4.98 Å². The third kappa shape index (κ3) is 2.64.